The molecule has 1 aromatic heterocycles. The predicted octanol–water partition coefficient (Wildman–Crippen LogP) is 3.74. The molecule has 1 unspecified atom stereocenters. The second-order valence-electron chi connectivity index (χ2n) is 7.48. The number of aliphatic imine (C=N–C) groups is 1. The largest absolute Gasteiger partial charge is 0.467 e. The number of furan rings is 1. The Morgan fingerprint density at radius 3 is 2.78 bits per heavy atom. The minimum atomic E-state index is -0.480. The first kappa shape index (κ1) is 23.6. The minimum absolute atomic E-state index is 0. The molecule has 0 spiro atoms. The van der Waals surface area contributed by atoms with Gasteiger partial charge in [0.15, 0.2) is 5.96 Å². The number of nitrogens with zero attached hydrogens (tertiary/aromatic N) is 2. The monoisotopic (exact) mass is 492 g/mol. The molecule has 1 saturated heterocycles. The molecular weight excluding hydrogens is 459 g/mol. The molecule has 154 valence electrons. The molecule has 2 N–H and O–H groups in total. The van der Waals surface area contributed by atoms with Crippen LogP contribution in [0.5, 0.6) is 0 Å². The first-order valence-electron chi connectivity index (χ1n) is 9.43. The van der Waals surface area contributed by atoms with Crippen LogP contribution >= 0.6 is 24.0 Å². The van der Waals surface area contributed by atoms with E-state index in [0.29, 0.717) is 13.1 Å². The Morgan fingerprint density at radius 2 is 2.15 bits per heavy atom. The van der Waals surface area contributed by atoms with Crippen LogP contribution in [0.4, 0.5) is 4.79 Å². The third-order valence-electron chi connectivity index (χ3n) is 4.08. The Balaban J connectivity index is 0.00000364. The van der Waals surface area contributed by atoms with Crippen molar-refractivity contribution in [1.29, 1.82) is 0 Å². The molecule has 1 fully saturated rings. The summed E-state index contributed by atoms with van der Waals surface area (Å²) in [6.07, 6.45) is 4.51. The number of likely N-dealkylation sites (tertiary alicyclic amines) is 1. The Morgan fingerprint density at radius 1 is 1.37 bits per heavy atom. The smallest absolute Gasteiger partial charge is 0.410 e. The van der Waals surface area contributed by atoms with Gasteiger partial charge in [0.25, 0.3) is 0 Å². The van der Waals surface area contributed by atoms with E-state index in [0.717, 1.165) is 44.1 Å². The van der Waals surface area contributed by atoms with Crippen LogP contribution in [-0.4, -0.2) is 48.2 Å². The summed E-state index contributed by atoms with van der Waals surface area (Å²) in [7, 11) is 0. The van der Waals surface area contributed by atoms with E-state index in [9.17, 15) is 4.79 Å². The first-order valence-corrected chi connectivity index (χ1v) is 9.43. The number of ether oxygens (including phenoxy) is 1. The first-order chi connectivity index (χ1) is 12.4. The molecule has 0 radical (unpaired) electrons. The lowest BCUT2D eigenvalue weighted by molar-refractivity contribution is 0.0104. The van der Waals surface area contributed by atoms with Gasteiger partial charge in [-0.25, -0.2) is 9.79 Å². The molecule has 0 saturated carbocycles. The number of carbonyl (C=O) groups excluding carboxylic acids is 1. The molecule has 8 heteroatoms. The number of amides is 1. The number of halogens is 1. The number of nitrogens with one attached hydrogen (secondary N) is 2. The SMILES string of the molecule is CCNC(=NCc1ccco1)NCC1CCCCN1C(=O)OC(C)(C)C.I. The van der Waals surface area contributed by atoms with Crippen molar-refractivity contribution >= 4 is 36.0 Å². The molecule has 1 aliphatic heterocycles. The van der Waals surface area contributed by atoms with Crippen molar-refractivity contribution in [2.75, 3.05) is 19.6 Å². The van der Waals surface area contributed by atoms with Gasteiger partial charge in [-0.05, 0) is 59.1 Å². The molecule has 1 amide bonds. The van der Waals surface area contributed by atoms with Crippen molar-refractivity contribution in [2.45, 2.75) is 65.1 Å². The molecule has 0 aliphatic carbocycles. The van der Waals surface area contributed by atoms with Crippen molar-refractivity contribution in [3.8, 4) is 0 Å². The lowest BCUT2D eigenvalue weighted by atomic mass is 10.0. The van der Waals surface area contributed by atoms with Crippen molar-refractivity contribution in [2.24, 2.45) is 4.99 Å². The average molecular weight is 492 g/mol. The van der Waals surface area contributed by atoms with Gasteiger partial charge in [0.2, 0.25) is 0 Å². The van der Waals surface area contributed by atoms with E-state index in [1.54, 1.807) is 6.26 Å². The Kier molecular flexibility index (Phi) is 9.97. The summed E-state index contributed by atoms with van der Waals surface area (Å²) in [5.41, 5.74) is -0.480. The van der Waals surface area contributed by atoms with Gasteiger partial charge < -0.3 is 24.7 Å². The van der Waals surface area contributed by atoms with Crippen LogP contribution in [0.15, 0.2) is 27.8 Å². The Bertz CT molecular complexity index is 584. The number of carbonyl (C=O) groups is 1. The van der Waals surface area contributed by atoms with Gasteiger partial charge in [-0.1, -0.05) is 0 Å². The van der Waals surface area contributed by atoms with Gasteiger partial charge in [0.1, 0.15) is 17.9 Å². The lowest BCUT2D eigenvalue weighted by Gasteiger charge is -2.37. The normalized spacial score (nSPS) is 17.9. The zero-order valence-corrected chi connectivity index (χ0v) is 19.1. The molecule has 27 heavy (non-hydrogen) atoms. The number of rotatable bonds is 5. The molecule has 1 aromatic rings. The zero-order chi connectivity index (χ0) is 19.0. The van der Waals surface area contributed by atoms with E-state index >= 15 is 0 Å². The summed E-state index contributed by atoms with van der Waals surface area (Å²) < 4.78 is 10.9. The maximum Gasteiger partial charge on any atom is 0.410 e. The van der Waals surface area contributed by atoms with Gasteiger partial charge >= 0.3 is 6.09 Å². The molecular formula is C19H33IN4O3. The Hall–Kier alpha value is -1.45. The maximum absolute atomic E-state index is 12.5. The van der Waals surface area contributed by atoms with Gasteiger partial charge in [-0.2, -0.15) is 0 Å². The van der Waals surface area contributed by atoms with Crippen LogP contribution < -0.4 is 10.6 Å². The maximum atomic E-state index is 12.5. The van der Waals surface area contributed by atoms with Crippen molar-refractivity contribution in [3.63, 3.8) is 0 Å². The van der Waals surface area contributed by atoms with Crippen LogP contribution in [0.3, 0.4) is 0 Å². The highest BCUT2D eigenvalue weighted by molar-refractivity contribution is 14.0. The van der Waals surface area contributed by atoms with Gasteiger partial charge in [-0.3, -0.25) is 0 Å². The fraction of sp³-hybridized carbons (Fsp3) is 0.684. The predicted molar refractivity (Wildman–Crippen MR) is 118 cm³/mol. The second kappa shape index (κ2) is 11.4. The van der Waals surface area contributed by atoms with Gasteiger partial charge in [-0.15, -0.1) is 24.0 Å². The summed E-state index contributed by atoms with van der Waals surface area (Å²) in [5.74, 6) is 1.54. The van der Waals surface area contributed by atoms with Crippen LogP contribution in [0.2, 0.25) is 0 Å². The quantitative estimate of drug-likeness (QED) is 0.372. The summed E-state index contributed by atoms with van der Waals surface area (Å²) in [6.45, 7) is 10.3. The molecule has 1 atom stereocenters. The molecule has 2 rings (SSSR count). The molecule has 0 bridgehead atoms. The number of hydrogen-bond donors (Lipinski definition) is 2. The van der Waals surface area contributed by atoms with Gasteiger partial charge in [0.05, 0.1) is 12.3 Å². The van der Waals surface area contributed by atoms with Gasteiger partial charge in [0, 0.05) is 19.6 Å². The van der Waals surface area contributed by atoms with Crippen LogP contribution in [0.1, 0.15) is 52.7 Å². The second-order valence-corrected chi connectivity index (χ2v) is 7.48. The van der Waals surface area contributed by atoms with Crippen LogP contribution in [0, 0.1) is 0 Å². The summed E-state index contributed by atoms with van der Waals surface area (Å²) in [4.78, 5) is 18.9. The average Bonchev–Trinajstić information content (AvgIpc) is 3.09. The highest BCUT2D eigenvalue weighted by Gasteiger charge is 2.30. The molecule has 7 nitrogen and oxygen atoms in total. The topological polar surface area (TPSA) is 79.1 Å². The van der Waals surface area contributed by atoms with E-state index in [-0.39, 0.29) is 36.1 Å². The number of hydrogen-bond acceptors (Lipinski definition) is 4. The zero-order valence-electron chi connectivity index (χ0n) is 16.8. The summed E-state index contributed by atoms with van der Waals surface area (Å²) in [5, 5.41) is 6.58. The number of piperidine rings is 1. The molecule has 1 aliphatic rings. The van der Waals surface area contributed by atoms with Crippen LogP contribution in [0.25, 0.3) is 0 Å². The third-order valence-corrected chi connectivity index (χ3v) is 4.08. The van der Waals surface area contributed by atoms with E-state index < -0.39 is 5.60 Å². The summed E-state index contributed by atoms with van der Waals surface area (Å²) >= 11 is 0. The highest BCUT2D eigenvalue weighted by atomic mass is 127. The van der Waals surface area contributed by atoms with Crippen LogP contribution in [-0.2, 0) is 11.3 Å². The Labute approximate surface area is 179 Å². The standard InChI is InChI=1S/C19H32N4O3.HI/c1-5-20-17(22-14-16-10-8-12-25-16)21-13-15-9-6-7-11-23(15)18(24)26-19(2,3)4;/h8,10,12,15H,5-7,9,11,13-14H2,1-4H3,(H2,20,21,22);1H. The van der Waals surface area contributed by atoms with Crippen molar-refractivity contribution in [3.05, 3.63) is 24.2 Å². The van der Waals surface area contributed by atoms with Crippen molar-refractivity contribution < 1.29 is 13.9 Å². The van der Waals surface area contributed by atoms with E-state index in [4.69, 9.17) is 9.15 Å². The fourth-order valence-corrected chi connectivity index (χ4v) is 2.89. The van der Waals surface area contributed by atoms with E-state index in [1.165, 1.54) is 0 Å². The lowest BCUT2D eigenvalue weighted by Crippen LogP contribution is -2.52. The minimum Gasteiger partial charge on any atom is -0.467 e. The fourth-order valence-electron chi connectivity index (χ4n) is 2.89. The third kappa shape index (κ3) is 8.40. The molecule has 2 heterocycles. The van der Waals surface area contributed by atoms with E-state index in [2.05, 4.69) is 15.6 Å². The van der Waals surface area contributed by atoms with Crippen molar-refractivity contribution in [1.82, 2.24) is 15.5 Å². The number of guanidine groups is 1. The summed E-state index contributed by atoms with van der Waals surface area (Å²) in [6, 6.07) is 3.86. The van der Waals surface area contributed by atoms with E-state index in [1.807, 2.05) is 44.7 Å². The highest BCUT2D eigenvalue weighted by Crippen LogP contribution is 2.20. The molecule has 0 aromatic carbocycles.